The molecule has 1 saturated heterocycles. The zero-order valence-electron chi connectivity index (χ0n) is 21.3. The molecule has 0 bridgehead atoms. The van der Waals surface area contributed by atoms with Crippen molar-refractivity contribution in [3.63, 3.8) is 0 Å². The van der Waals surface area contributed by atoms with Crippen molar-refractivity contribution in [1.82, 2.24) is 10.2 Å². The molecule has 1 unspecified atom stereocenters. The Morgan fingerprint density at radius 1 is 1.08 bits per heavy atom. The second-order valence-corrected chi connectivity index (χ2v) is 11.6. The molecule has 1 aliphatic rings. The van der Waals surface area contributed by atoms with Crippen LogP contribution < -0.4 is 9.64 Å². The largest absolute Gasteiger partial charge is 0.507 e. The number of carbonyl (C=O) groups is 2. The molecule has 1 aromatic heterocycles. The van der Waals surface area contributed by atoms with Crippen molar-refractivity contribution in [3.8, 4) is 5.75 Å². The maximum absolute atomic E-state index is 13.5. The van der Waals surface area contributed by atoms with E-state index < -0.39 is 17.7 Å². The van der Waals surface area contributed by atoms with Gasteiger partial charge in [0.15, 0.2) is 4.34 Å². The summed E-state index contributed by atoms with van der Waals surface area (Å²) in [6.07, 6.45) is 0. The van der Waals surface area contributed by atoms with Gasteiger partial charge in [-0.15, -0.1) is 10.2 Å². The molecular formula is C29H24ClN3O4S2. The standard InChI is InChI=1S/C29H24ClN3O4S2/c1-16-7-8-17(2)22(13-16)25(34)23-24(19-5-4-6-21(14-19)37-3)33(27(36)26(23)35)28-31-32-29(39-28)38-15-18-9-11-20(30)12-10-18/h4-14,24,34H,15H2,1-3H3/b25-23+. The molecule has 0 aliphatic carbocycles. The molecule has 3 aromatic carbocycles. The first-order valence-corrected chi connectivity index (χ1v) is 14.2. The van der Waals surface area contributed by atoms with E-state index in [0.29, 0.717) is 32.0 Å². The number of hydrogen-bond donors (Lipinski definition) is 1. The minimum Gasteiger partial charge on any atom is -0.507 e. The zero-order valence-corrected chi connectivity index (χ0v) is 23.7. The zero-order chi connectivity index (χ0) is 27.7. The summed E-state index contributed by atoms with van der Waals surface area (Å²) in [7, 11) is 1.54. The molecule has 7 nitrogen and oxygen atoms in total. The molecule has 1 amide bonds. The molecule has 0 saturated carbocycles. The van der Waals surface area contributed by atoms with E-state index in [1.807, 2.05) is 50.2 Å². The molecule has 4 aromatic rings. The number of carbonyl (C=O) groups excluding carboxylic acids is 2. The average Bonchev–Trinajstić information content (AvgIpc) is 3.51. The van der Waals surface area contributed by atoms with Crippen LogP contribution in [0.1, 0.15) is 33.9 Å². The van der Waals surface area contributed by atoms with Gasteiger partial charge in [0.1, 0.15) is 11.5 Å². The van der Waals surface area contributed by atoms with Crippen molar-refractivity contribution in [2.45, 2.75) is 30.0 Å². The summed E-state index contributed by atoms with van der Waals surface area (Å²) in [5.74, 6) is -0.601. The number of aliphatic hydroxyl groups excluding tert-OH is 1. The third-order valence-electron chi connectivity index (χ3n) is 6.38. The lowest BCUT2D eigenvalue weighted by atomic mass is 9.93. The molecular weight excluding hydrogens is 554 g/mol. The second-order valence-electron chi connectivity index (χ2n) is 9.03. The van der Waals surface area contributed by atoms with Gasteiger partial charge in [0.05, 0.1) is 18.7 Å². The summed E-state index contributed by atoms with van der Waals surface area (Å²) in [6.45, 7) is 3.75. The summed E-state index contributed by atoms with van der Waals surface area (Å²) < 4.78 is 6.05. The van der Waals surface area contributed by atoms with Gasteiger partial charge in [0, 0.05) is 16.3 Å². The topological polar surface area (TPSA) is 92.6 Å². The summed E-state index contributed by atoms with van der Waals surface area (Å²) in [5.41, 5.74) is 3.86. The van der Waals surface area contributed by atoms with Gasteiger partial charge in [0.2, 0.25) is 5.13 Å². The van der Waals surface area contributed by atoms with Gasteiger partial charge in [-0.1, -0.05) is 76.7 Å². The number of rotatable bonds is 7. The molecule has 2 heterocycles. The van der Waals surface area contributed by atoms with Crippen molar-refractivity contribution in [3.05, 3.63) is 105 Å². The minimum absolute atomic E-state index is 0.00693. The highest BCUT2D eigenvalue weighted by atomic mass is 35.5. The molecule has 1 atom stereocenters. The monoisotopic (exact) mass is 577 g/mol. The number of ether oxygens (including phenoxy) is 1. The van der Waals surface area contributed by atoms with Crippen LogP contribution >= 0.6 is 34.7 Å². The first-order valence-electron chi connectivity index (χ1n) is 12.0. The number of Topliss-reactive ketones (excluding diaryl/α,β-unsaturated/α-hetero) is 1. The van der Waals surface area contributed by atoms with E-state index in [1.54, 1.807) is 37.4 Å². The number of aromatic nitrogens is 2. The number of benzene rings is 3. The fraction of sp³-hybridized carbons (Fsp3) is 0.172. The van der Waals surface area contributed by atoms with E-state index in [-0.39, 0.29) is 16.5 Å². The maximum atomic E-state index is 13.5. The van der Waals surface area contributed by atoms with Crippen LogP contribution in [-0.4, -0.2) is 34.1 Å². The highest BCUT2D eigenvalue weighted by Gasteiger charge is 2.48. The van der Waals surface area contributed by atoms with Crippen LogP contribution in [0.3, 0.4) is 0 Å². The predicted molar refractivity (Wildman–Crippen MR) is 155 cm³/mol. The number of methoxy groups -OCH3 is 1. The summed E-state index contributed by atoms with van der Waals surface area (Å²) in [6, 6.07) is 19.3. The summed E-state index contributed by atoms with van der Waals surface area (Å²) >= 11 is 8.66. The lowest BCUT2D eigenvalue weighted by molar-refractivity contribution is -0.132. The van der Waals surface area contributed by atoms with Gasteiger partial charge in [-0.3, -0.25) is 14.5 Å². The third-order valence-corrected chi connectivity index (χ3v) is 8.76. The van der Waals surface area contributed by atoms with E-state index in [4.69, 9.17) is 16.3 Å². The molecule has 1 aliphatic heterocycles. The van der Waals surface area contributed by atoms with E-state index in [2.05, 4.69) is 10.2 Å². The molecule has 5 rings (SSSR count). The predicted octanol–water partition coefficient (Wildman–Crippen LogP) is 6.74. The van der Waals surface area contributed by atoms with Crippen molar-refractivity contribution in [1.29, 1.82) is 0 Å². The minimum atomic E-state index is -0.915. The normalized spacial score (nSPS) is 16.6. The number of amides is 1. The van der Waals surface area contributed by atoms with E-state index in [0.717, 1.165) is 16.7 Å². The molecule has 10 heteroatoms. The Morgan fingerprint density at radius 2 is 1.85 bits per heavy atom. The third kappa shape index (κ3) is 5.43. The van der Waals surface area contributed by atoms with E-state index in [1.165, 1.54) is 28.0 Å². The van der Waals surface area contributed by atoms with Crippen LogP contribution in [0.15, 0.2) is 76.6 Å². The van der Waals surface area contributed by atoms with Gasteiger partial charge < -0.3 is 9.84 Å². The SMILES string of the molecule is COc1cccc(C2/C(=C(\O)c3cc(C)ccc3C)C(=O)C(=O)N2c2nnc(SCc3ccc(Cl)cc3)s2)c1. The van der Waals surface area contributed by atoms with Crippen LogP contribution in [0.2, 0.25) is 5.02 Å². The van der Waals surface area contributed by atoms with Gasteiger partial charge in [-0.2, -0.15) is 0 Å². The Labute approximate surface area is 239 Å². The Kier molecular flexibility index (Phi) is 7.74. The van der Waals surface area contributed by atoms with Crippen molar-refractivity contribution >= 4 is 57.3 Å². The highest BCUT2D eigenvalue weighted by molar-refractivity contribution is 8.00. The van der Waals surface area contributed by atoms with E-state index in [9.17, 15) is 14.7 Å². The first kappa shape index (κ1) is 26.9. The molecule has 39 heavy (non-hydrogen) atoms. The van der Waals surface area contributed by atoms with Crippen molar-refractivity contribution in [2.75, 3.05) is 12.0 Å². The van der Waals surface area contributed by atoms with Gasteiger partial charge in [-0.25, -0.2) is 0 Å². The van der Waals surface area contributed by atoms with Crippen LogP contribution in [0.5, 0.6) is 5.75 Å². The number of aryl methyl sites for hydroxylation is 2. The number of ketones is 1. The van der Waals surface area contributed by atoms with Crippen LogP contribution in [0.4, 0.5) is 5.13 Å². The number of anilines is 1. The lowest BCUT2D eigenvalue weighted by Gasteiger charge is -2.23. The Morgan fingerprint density at radius 3 is 2.59 bits per heavy atom. The van der Waals surface area contributed by atoms with Crippen LogP contribution in [-0.2, 0) is 15.3 Å². The Bertz CT molecular complexity index is 1600. The van der Waals surface area contributed by atoms with E-state index >= 15 is 0 Å². The Hall–Kier alpha value is -3.66. The summed E-state index contributed by atoms with van der Waals surface area (Å²) in [5, 5.41) is 20.9. The molecule has 0 radical (unpaired) electrons. The number of nitrogens with zero attached hydrogens (tertiary/aromatic N) is 3. The highest BCUT2D eigenvalue weighted by Crippen LogP contribution is 2.45. The Balaban J connectivity index is 1.57. The number of hydrogen-bond acceptors (Lipinski definition) is 8. The van der Waals surface area contributed by atoms with Gasteiger partial charge >= 0.3 is 5.91 Å². The number of aliphatic hydroxyl groups is 1. The number of thioether (sulfide) groups is 1. The van der Waals surface area contributed by atoms with Gasteiger partial charge in [-0.05, 0) is 60.9 Å². The maximum Gasteiger partial charge on any atom is 0.301 e. The fourth-order valence-corrected chi connectivity index (χ4v) is 6.33. The molecule has 0 spiro atoms. The second kappa shape index (κ2) is 11.2. The smallest absolute Gasteiger partial charge is 0.301 e. The van der Waals surface area contributed by atoms with Crippen molar-refractivity contribution < 1.29 is 19.4 Å². The quantitative estimate of drug-likeness (QED) is 0.0855. The lowest BCUT2D eigenvalue weighted by Crippen LogP contribution is -2.29. The van der Waals surface area contributed by atoms with Crippen LogP contribution in [0, 0.1) is 13.8 Å². The van der Waals surface area contributed by atoms with Gasteiger partial charge in [0.25, 0.3) is 5.78 Å². The molecule has 198 valence electrons. The molecule has 1 N–H and O–H groups in total. The average molecular weight is 578 g/mol. The summed E-state index contributed by atoms with van der Waals surface area (Å²) in [4.78, 5) is 28.3. The number of halogens is 1. The van der Waals surface area contributed by atoms with Crippen LogP contribution in [0.25, 0.3) is 5.76 Å². The fourth-order valence-electron chi connectivity index (χ4n) is 4.38. The molecule has 1 fully saturated rings. The first-order chi connectivity index (χ1) is 18.8. The van der Waals surface area contributed by atoms with Crippen molar-refractivity contribution in [2.24, 2.45) is 0 Å².